The molecule has 1 fully saturated rings. The maximum Gasteiger partial charge on any atom is 0.408 e. The highest BCUT2D eigenvalue weighted by Crippen LogP contribution is 2.36. The number of aliphatic hydroxyl groups is 2. The van der Waals surface area contributed by atoms with Crippen LogP contribution in [0.25, 0.3) is 0 Å². The van der Waals surface area contributed by atoms with Crippen molar-refractivity contribution in [2.75, 3.05) is 0 Å². The fraction of sp³-hybridized carbons (Fsp3) is 0.600. The summed E-state index contributed by atoms with van der Waals surface area (Å²) in [6.07, 6.45) is -0.153. The number of aliphatic hydroxyl groups excluding tert-OH is 1. The molecular formula is C20H29NO6. The zero-order chi connectivity index (χ0) is 20.1. The Bertz CT molecular complexity index is 636. The first-order valence-electron chi connectivity index (χ1n) is 9.18. The van der Waals surface area contributed by atoms with Gasteiger partial charge in [-0.2, -0.15) is 0 Å². The molecule has 2 unspecified atom stereocenters. The van der Waals surface area contributed by atoms with Crippen LogP contribution in [0.3, 0.4) is 0 Å². The van der Waals surface area contributed by atoms with Crippen LogP contribution in [0.15, 0.2) is 30.3 Å². The van der Waals surface area contributed by atoms with Crippen LogP contribution < -0.4 is 5.32 Å². The fourth-order valence-corrected chi connectivity index (χ4v) is 2.87. The van der Waals surface area contributed by atoms with Gasteiger partial charge in [-0.05, 0) is 45.6 Å². The van der Waals surface area contributed by atoms with Gasteiger partial charge in [-0.1, -0.05) is 30.3 Å². The van der Waals surface area contributed by atoms with Gasteiger partial charge in [-0.25, -0.2) is 9.59 Å². The lowest BCUT2D eigenvalue weighted by Gasteiger charge is -2.39. The number of hydrogen-bond donors (Lipinski definition) is 3. The fourth-order valence-electron chi connectivity index (χ4n) is 2.87. The first-order valence-corrected chi connectivity index (χ1v) is 9.18. The first-order chi connectivity index (χ1) is 12.6. The molecule has 7 nitrogen and oxygen atoms in total. The van der Waals surface area contributed by atoms with Crippen molar-refractivity contribution in [3.63, 3.8) is 0 Å². The molecule has 1 aromatic carbocycles. The SMILES string of the molecule is CC(C)(C)OC(=O)C(NC(=O)OCc1ccccc1)C(O)CC1(O)CCC1. The molecule has 0 heterocycles. The molecule has 0 spiro atoms. The number of carbonyl (C=O) groups excluding carboxylic acids is 2. The average Bonchev–Trinajstić information content (AvgIpc) is 2.55. The van der Waals surface area contributed by atoms with Crippen LogP contribution in [0.4, 0.5) is 4.79 Å². The Morgan fingerprint density at radius 2 is 1.85 bits per heavy atom. The quantitative estimate of drug-likeness (QED) is 0.628. The Morgan fingerprint density at radius 3 is 2.37 bits per heavy atom. The normalized spacial score (nSPS) is 18.0. The van der Waals surface area contributed by atoms with Crippen molar-refractivity contribution in [2.45, 2.75) is 76.4 Å². The minimum atomic E-state index is -1.32. The van der Waals surface area contributed by atoms with E-state index in [2.05, 4.69) is 5.32 Å². The minimum absolute atomic E-state index is 0.0180. The number of hydrogen-bond acceptors (Lipinski definition) is 6. The molecule has 150 valence electrons. The summed E-state index contributed by atoms with van der Waals surface area (Å²) in [6.45, 7) is 5.12. The molecule has 0 aliphatic heterocycles. The molecule has 1 aliphatic rings. The molecule has 7 heteroatoms. The summed E-state index contributed by atoms with van der Waals surface area (Å²) in [5.74, 6) is -0.769. The van der Waals surface area contributed by atoms with Gasteiger partial charge in [0.05, 0.1) is 11.7 Å². The van der Waals surface area contributed by atoms with E-state index in [4.69, 9.17) is 9.47 Å². The summed E-state index contributed by atoms with van der Waals surface area (Å²) in [7, 11) is 0. The van der Waals surface area contributed by atoms with E-state index in [1.807, 2.05) is 18.2 Å². The second-order valence-corrected chi connectivity index (χ2v) is 8.07. The maximum atomic E-state index is 12.5. The van der Waals surface area contributed by atoms with E-state index in [1.54, 1.807) is 32.9 Å². The monoisotopic (exact) mass is 379 g/mol. The van der Waals surface area contributed by atoms with Gasteiger partial charge in [0.25, 0.3) is 0 Å². The summed E-state index contributed by atoms with van der Waals surface area (Å²) in [5.41, 5.74) is -0.987. The molecule has 0 saturated heterocycles. The topological polar surface area (TPSA) is 105 Å². The molecule has 2 rings (SSSR count). The smallest absolute Gasteiger partial charge is 0.408 e. The zero-order valence-electron chi connectivity index (χ0n) is 16.1. The average molecular weight is 379 g/mol. The summed E-state index contributed by atoms with van der Waals surface area (Å²) in [4.78, 5) is 24.6. The Labute approximate surface area is 159 Å². The van der Waals surface area contributed by atoms with Gasteiger partial charge in [0, 0.05) is 6.42 Å². The van der Waals surface area contributed by atoms with Crippen molar-refractivity contribution in [1.29, 1.82) is 0 Å². The van der Waals surface area contributed by atoms with Crippen LogP contribution >= 0.6 is 0 Å². The lowest BCUT2D eigenvalue weighted by molar-refractivity contribution is -0.162. The van der Waals surface area contributed by atoms with Crippen molar-refractivity contribution in [3.8, 4) is 0 Å². The molecule has 3 N–H and O–H groups in total. The van der Waals surface area contributed by atoms with Gasteiger partial charge in [0.15, 0.2) is 6.04 Å². The van der Waals surface area contributed by atoms with Gasteiger partial charge >= 0.3 is 12.1 Å². The molecule has 2 atom stereocenters. The van der Waals surface area contributed by atoms with E-state index in [9.17, 15) is 19.8 Å². The Kier molecular flexibility index (Phi) is 6.84. The number of carbonyl (C=O) groups is 2. The Morgan fingerprint density at radius 1 is 1.22 bits per heavy atom. The number of alkyl carbamates (subject to hydrolysis) is 1. The summed E-state index contributed by atoms with van der Waals surface area (Å²) in [5, 5.41) is 23.1. The molecule has 0 radical (unpaired) electrons. The summed E-state index contributed by atoms with van der Waals surface area (Å²) in [6, 6.07) is 7.78. The molecule has 1 saturated carbocycles. The van der Waals surface area contributed by atoms with Gasteiger partial charge in [0.1, 0.15) is 12.2 Å². The Hall–Kier alpha value is -2.12. The highest BCUT2D eigenvalue weighted by atomic mass is 16.6. The van der Waals surface area contributed by atoms with Crippen molar-refractivity contribution in [2.24, 2.45) is 0 Å². The Balaban J connectivity index is 1.99. The van der Waals surface area contributed by atoms with E-state index in [1.165, 1.54) is 0 Å². The van der Waals surface area contributed by atoms with Crippen LogP contribution in [-0.2, 0) is 20.9 Å². The number of nitrogens with one attached hydrogen (secondary N) is 1. The van der Waals surface area contributed by atoms with Gasteiger partial charge in [0.2, 0.25) is 0 Å². The number of rotatable bonds is 7. The van der Waals surface area contributed by atoms with Crippen molar-refractivity contribution >= 4 is 12.1 Å². The zero-order valence-corrected chi connectivity index (χ0v) is 16.1. The maximum absolute atomic E-state index is 12.5. The van der Waals surface area contributed by atoms with E-state index in [-0.39, 0.29) is 13.0 Å². The minimum Gasteiger partial charge on any atom is -0.458 e. The van der Waals surface area contributed by atoms with Gasteiger partial charge in [-0.15, -0.1) is 0 Å². The molecule has 1 aromatic rings. The van der Waals surface area contributed by atoms with Crippen molar-refractivity contribution in [1.82, 2.24) is 5.32 Å². The summed E-state index contributed by atoms with van der Waals surface area (Å²) >= 11 is 0. The van der Waals surface area contributed by atoms with Gasteiger partial charge < -0.3 is 25.0 Å². The van der Waals surface area contributed by atoms with Crippen LogP contribution in [-0.4, -0.2) is 45.6 Å². The summed E-state index contributed by atoms with van der Waals surface area (Å²) < 4.78 is 10.4. The first kappa shape index (κ1) is 21.2. The van der Waals surface area contributed by atoms with Crippen LogP contribution in [0.2, 0.25) is 0 Å². The van der Waals surface area contributed by atoms with E-state index in [0.717, 1.165) is 12.0 Å². The van der Waals surface area contributed by atoms with Crippen LogP contribution in [0, 0.1) is 0 Å². The highest BCUT2D eigenvalue weighted by Gasteiger charge is 2.41. The van der Waals surface area contributed by atoms with Crippen molar-refractivity contribution < 1.29 is 29.3 Å². The largest absolute Gasteiger partial charge is 0.458 e. The van der Waals surface area contributed by atoms with E-state index >= 15 is 0 Å². The third kappa shape index (κ3) is 6.84. The molecule has 1 aliphatic carbocycles. The van der Waals surface area contributed by atoms with E-state index < -0.39 is 35.4 Å². The molecule has 27 heavy (non-hydrogen) atoms. The number of esters is 1. The van der Waals surface area contributed by atoms with E-state index in [0.29, 0.717) is 12.8 Å². The van der Waals surface area contributed by atoms with Gasteiger partial charge in [-0.3, -0.25) is 0 Å². The predicted molar refractivity (Wildman–Crippen MR) is 98.8 cm³/mol. The molecular weight excluding hydrogens is 350 g/mol. The highest BCUT2D eigenvalue weighted by molar-refractivity contribution is 5.82. The number of amides is 1. The second-order valence-electron chi connectivity index (χ2n) is 8.07. The lowest BCUT2D eigenvalue weighted by Crippen LogP contribution is -2.54. The number of benzene rings is 1. The van der Waals surface area contributed by atoms with Crippen LogP contribution in [0.1, 0.15) is 52.0 Å². The lowest BCUT2D eigenvalue weighted by atomic mass is 9.75. The molecule has 0 aromatic heterocycles. The second kappa shape index (κ2) is 8.71. The molecule has 1 amide bonds. The third-order valence-corrected chi connectivity index (χ3v) is 4.40. The van der Waals surface area contributed by atoms with Crippen LogP contribution in [0.5, 0.6) is 0 Å². The molecule has 0 bridgehead atoms. The van der Waals surface area contributed by atoms with Crippen molar-refractivity contribution in [3.05, 3.63) is 35.9 Å². The number of ether oxygens (including phenoxy) is 2. The standard InChI is InChI=1S/C20H29NO6/c1-19(2,3)27-17(23)16(15(22)12-20(25)10-7-11-20)21-18(24)26-13-14-8-5-4-6-9-14/h4-6,8-9,15-16,22,25H,7,10-13H2,1-3H3,(H,21,24). The third-order valence-electron chi connectivity index (χ3n) is 4.40. The predicted octanol–water partition coefficient (Wildman–Crippen LogP) is 2.29.